The molecule has 20 heavy (non-hydrogen) atoms. The summed E-state index contributed by atoms with van der Waals surface area (Å²) in [6.45, 7) is 2.00. The second-order valence-electron chi connectivity index (χ2n) is 7.49. The van der Waals surface area contributed by atoms with E-state index in [-0.39, 0.29) is 11.5 Å². The molecule has 3 aliphatic carbocycles. The first-order valence-corrected chi connectivity index (χ1v) is 8.28. The van der Waals surface area contributed by atoms with Crippen LogP contribution in [0.3, 0.4) is 0 Å². The first-order chi connectivity index (χ1) is 9.52. The molecule has 3 rings (SSSR count). The van der Waals surface area contributed by atoms with E-state index in [1.807, 2.05) is 6.92 Å². The van der Waals surface area contributed by atoms with Crippen molar-refractivity contribution in [2.24, 2.45) is 17.3 Å². The van der Waals surface area contributed by atoms with E-state index in [1.54, 1.807) is 0 Å². The molecule has 3 aliphatic rings. The summed E-state index contributed by atoms with van der Waals surface area (Å²) in [5, 5.41) is 20.6. The molecule has 112 valence electrons. The fourth-order valence-corrected chi connectivity index (χ4v) is 4.67. The molecule has 2 heteroatoms. The Balaban J connectivity index is 1.64. The van der Waals surface area contributed by atoms with Crippen LogP contribution in [0.15, 0.2) is 24.3 Å². The van der Waals surface area contributed by atoms with Gasteiger partial charge >= 0.3 is 0 Å². The molecular weight excluding hydrogens is 248 g/mol. The third kappa shape index (κ3) is 2.60. The van der Waals surface area contributed by atoms with Gasteiger partial charge in [-0.1, -0.05) is 37.1 Å². The summed E-state index contributed by atoms with van der Waals surface area (Å²) in [7, 11) is 0. The summed E-state index contributed by atoms with van der Waals surface area (Å²) in [5.74, 6) is 1.04. The standard InChI is InChI=1S/C18H28O2/c1-17(20,14-6-2-3-7-14)9-5-11-18-10-4-8-15(18)12-16(19)13-18/h4-5,10-11,14-16,19-20H,2-3,6-9,12-13H2,1H3/b11-5+/t15?,16?,17-,18?/m1/s1. The highest BCUT2D eigenvalue weighted by Crippen LogP contribution is 2.51. The smallest absolute Gasteiger partial charge is 0.0682 e. The molecule has 2 saturated carbocycles. The average Bonchev–Trinajstić information content (AvgIpc) is 3.03. The van der Waals surface area contributed by atoms with Gasteiger partial charge in [0.05, 0.1) is 11.7 Å². The Bertz CT molecular complexity index is 404. The Morgan fingerprint density at radius 1 is 1.35 bits per heavy atom. The van der Waals surface area contributed by atoms with Gasteiger partial charge in [-0.25, -0.2) is 0 Å². The van der Waals surface area contributed by atoms with Crippen LogP contribution in [-0.2, 0) is 0 Å². The molecule has 4 atom stereocenters. The van der Waals surface area contributed by atoms with Crippen LogP contribution in [-0.4, -0.2) is 21.9 Å². The Morgan fingerprint density at radius 2 is 2.10 bits per heavy atom. The minimum atomic E-state index is -0.557. The summed E-state index contributed by atoms with van der Waals surface area (Å²) in [4.78, 5) is 0. The van der Waals surface area contributed by atoms with Crippen molar-refractivity contribution in [2.75, 3.05) is 0 Å². The Hall–Kier alpha value is -0.600. The zero-order valence-electron chi connectivity index (χ0n) is 12.6. The quantitative estimate of drug-likeness (QED) is 0.770. The summed E-state index contributed by atoms with van der Waals surface area (Å²) in [6.07, 6.45) is 17.4. The summed E-state index contributed by atoms with van der Waals surface area (Å²) in [5.41, 5.74) is -0.482. The molecule has 2 N–H and O–H groups in total. The normalized spacial score (nSPS) is 40.5. The van der Waals surface area contributed by atoms with Crippen LogP contribution >= 0.6 is 0 Å². The van der Waals surface area contributed by atoms with Crippen molar-refractivity contribution in [1.82, 2.24) is 0 Å². The molecule has 0 amide bonds. The Labute approximate surface area is 122 Å². The van der Waals surface area contributed by atoms with E-state index >= 15 is 0 Å². The fraction of sp³-hybridized carbons (Fsp3) is 0.778. The van der Waals surface area contributed by atoms with E-state index in [2.05, 4.69) is 24.3 Å². The third-order valence-electron chi connectivity index (χ3n) is 5.95. The maximum absolute atomic E-state index is 10.7. The Morgan fingerprint density at radius 3 is 2.85 bits per heavy atom. The minimum absolute atomic E-state index is 0.0746. The van der Waals surface area contributed by atoms with Gasteiger partial charge in [0.15, 0.2) is 0 Å². The number of hydrogen-bond acceptors (Lipinski definition) is 2. The van der Waals surface area contributed by atoms with Crippen molar-refractivity contribution < 1.29 is 10.2 Å². The van der Waals surface area contributed by atoms with Crippen molar-refractivity contribution in [2.45, 2.75) is 70.0 Å². The van der Waals surface area contributed by atoms with Crippen LogP contribution in [0, 0.1) is 17.3 Å². The molecule has 0 bridgehead atoms. The second kappa shape index (κ2) is 5.31. The lowest BCUT2D eigenvalue weighted by molar-refractivity contribution is 0.00422. The highest BCUT2D eigenvalue weighted by atomic mass is 16.3. The van der Waals surface area contributed by atoms with Crippen LogP contribution in [0.5, 0.6) is 0 Å². The summed E-state index contributed by atoms with van der Waals surface area (Å²) >= 11 is 0. The predicted molar refractivity (Wildman–Crippen MR) is 81.3 cm³/mol. The lowest BCUT2D eigenvalue weighted by Crippen LogP contribution is -2.32. The molecule has 0 radical (unpaired) electrons. The number of hydrogen-bond donors (Lipinski definition) is 2. The number of allylic oxidation sites excluding steroid dienone is 3. The molecule has 0 saturated heterocycles. The molecule has 0 aromatic carbocycles. The van der Waals surface area contributed by atoms with Gasteiger partial charge in [-0.05, 0) is 57.3 Å². The van der Waals surface area contributed by atoms with Crippen LogP contribution in [0.1, 0.15) is 58.3 Å². The van der Waals surface area contributed by atoms with Gasteiger partial charge in [0.1, 0.15) is 0 Å². The highest BCUT2D eigenvalue weighted by molar-refractivity contribution is 5.23. The van der Waals surface area contributed by atoms with Gasteiger partial charge in [-0.15, -0.1) is 0 Å². The van der Waals surface area contributed by atoms with E-state index in [1.165, 1.54) is 25.7 Å². The van der Waals surface area contributed by atoms with Crippen LogP contribution in [0.4, 0.5) is 0 Å². The minimum Gasteiger partial charge on any atom is -0.393 e. The summed E-state index contributed by atoms with van der Waals surface area (Å²) < 4.78 is 0. The van der Waals surface area contributed by atoms with Gasteiger partial charge < -0.3 is 10.2 Å². The van der Waals surface area contributed by atoms with Gasteiger partial charge in [0, 0.05) is 5.41 Å². The molecule has 0 aromatic heterocycles. The number of aliphatic hydroxyl groups is 2. The van der Waals surface area contributed by atoms with Gasteiger partial charge in [0.25, 0.3) is 0 Å². The van der Waals surface area contributed by atoms with Gasteiger partial charge in [-0.2, -0.15) is 0 Å². The fourth-order valence-electron chi connectivity index (χ4n) is 4.67. The number of aliphatic hydroxyl groups excluding tert-OH is 1. The lowest BCUT2D eigenvalue weighted by atomic mass is 9.79. The molecule has 2 nitrogen and oxygen atoms in total. The van der Waals surface area contributed by atoms with Crippen molar-refractivity contribution in [1.29, 1.82) is 0 Å². The van der Waals surface area contributed by atoms with Crippen molar-refractivity contribution in [3.8, 4) is 0 Å². The molecular formula is C18H28O2. The highest BCUT2D eigenvalue weighted by Gasteiger charge is 2.45. The molecule has 0 aliphatic heterocycles. The SMILES string of the molecule is C[C@@](O)(C/C=C/C12C=CCC1CC(O)C2)C1CCCC1. The second-order valence-corrected chi connectivity index (χ2v) is 7.49. The van der Waals surface area contributed by atoms with E-state index < -0.39 is 5.60 Å². The molecule has 0 spiro atoms. The van der Waals surface area contributed by atoms with Crippen molar-refractivity contribution >= 4 is 0 Å². The Kier molecular flexibility index (Phi) is 3.81. The molecule has 0 aromatic rings. The topological polar surface area (TPSA) is 40.5 Å². The first-order valence-electron chi connectivity index (χ1n) is 8.28. The lowest BCUT2D eigenvalue weighted by Gasteiger charge is -2.30. The van der Waals surface area contributed by atoms with Crippen LogP contribution < -0.4 is 0 Å². The zero-order valence-corrected chi connectivity index (χ0v) is 12.6. The largest absolute Gasteiger partial charge is 0.393 e. The van der Waals surface area contributed by atoms with E-state index in [9.17, 15) is 10.2 Å². The first kappa shape index (κ1) is 14.3. The maximum atomic E-state index is 10.7. The number of fused-ring (bicyclic) bond motifs is 1. The van der Waals surface area contributed by atoms with Crippen molar-refractivity contribution in [3.63, 3.8) is 0 Å². The molecule has 0 heterocycles. The summed E-state index contributed by atoms with van der Waals surface area (Å²) in [6, 6.07) is 0. The van der Waals surface area contributed by atoms with Crippen molar-refractivity contribution in [3.05, 3.63) is 24.3 Å². The van der Waals surface area contributed by atoms with E-state index in [0.29, 0.717) is 11.8 Å². The predicted octanol–water partition coefficient (Wildman–Crippen LogP) is 3.59. The van der Waals surface area contributed by atoms with E-state index in [0.717, 1.165) is 25.7 Å². The van der Waals surface area contributed by atoms with Gasteiger partial charge in [0.2, 0.25) is 0 Å². The monoisotopic (exact) mass is 276 g/mol. The maximum Gasteiger partial charge on any atom is 0.0682 e. The van der Waals surface area contributed by atoms with Gasteiger partial charge in [-0.3, -0.25) is 0 Å². The average molecular weight is 276 g/mol. The molecule has 2 fully saturated rings. The van der Waals surface area contributed by atoms with Crippen LogP contribution in [0.25, 0.3) is 0 Å². The van der Waals surface area contributed by atoms with E-state index in [4.69, 9.17) is 0 Å². The molecule has 3 unspecified atom stereocenters. The van der Waals surface area contributed by atoms with Crippen LogP contribution in [0.2, 0.25) is 0 Å². The number of rotatable bonds is 4. The third-order valence-corrected chi connectivity index (χ3v) is 5.95. The zero-order chi connectivity index (χ0) is 14.2.